The van der Waals surface area contributed by atoms with Crippen LogP contribution in [0.1, 0.15) is 5.56 Å². The second-order valence-electron chi connectivity index (χ2n) is 5.57. The molecule has 0 radical (unpaired) electrons. The van der Waals surface area contributed by atoms with Crippen LogP contribution in [0, 0.1) is 11.8 Å². The third kappa shape index (κ3) is 1.58. The number of rotatable bonds is 3. The summed E-state index contributed by atoms with van der Waals surface area (Å²) in [6.45, 7) is 0.466. The highest BCUT2D eigenvalue weighted by Gasteiger charge is 2.60. The summed E-state index contributed by atoms with van der Waals surface area (Å²) in [5, 5.41) is 0. The van der Waals surface area contributed by atoms with Gasteiger partial charge in [-0.05, 0) is 12.0 Å². The second kappa shape index (κ2) is 4.28. The van der Waals surface area contributed by atoms with E-state index in [1.165, 1.54) is 4.90 Å². The van der Waals surface area contributed by atoms with Gasteiger partial charge in [-0.25, -0.2) is 0 Å². The molecule has 4 heteroatoms. The maximum atomic E-state index is 12.4. The van der Waals surface area contributed by atoms with Crippen molar-refractivity contribution in [1.82, 2.24) is 4.90 Å². The minimum absolute atomic E-state index is 0.0622. The van der Waals surface area contributed by atoms with Gasteiger partial charge >= 0.3 is 0 Å². The van der Waals surface area contributed by atoms with Crippen molar-refractivity contribution in [2.24, 2.45) is 11.8 Å². The van der Waals surface area contributed by atoms with Crippen LogP contribution in [0.5, 0.6) is 0 Å². The van der Waals surface area contributed by atoms with Gasteiger partial charge in [0.2, 0.25) is 11.8 Å². The number of nitrogens with zero attached hydrogens (tertiary/aromatic N) is 1. The van der Waals surface area contributed by atoms with Crippen LogP contribution in [0.25, 0.3) is 0 Å². The second-order valence-corrected chi connectivity index (χ2v) is 5.57. The molecule has 1 aromatic carbocycles. The SMILES string of the molecule is O=C1[C@@H]2[C@H](C(=O)N1CCc1ccccc1)[C@H]1C=C[C@@H]2O1. The predicted octanol–water partition coefficient (Wildman–Crippen LogP) is 1.17. The Bertz CT molecular complexity index is 565. The molecular weight excluding hydrogens is 254 g/mol. The fraction of sp³-hybridized carbons (Fsp3) is 0.375. The first-order valence-corrected chi connectivity index (χ1v) is 6.98. The highest BCUT2D eigenvalue weighted by Crippen LogP contribution is 2.44. The quantitative estimate of drug-likeness (QED) is 0.611. The van der Waals surface area contributed by atoms with Crippen LogP contribution in [-0.2, 0) is 20.7 Å². The van der Waals surface area contributed by atoms with E-state index in [1.54, 1.807) is 0 Å². The van der Waals surface area contributed by atoms with Gasteiger partial charge in [0, 0.05) is 6.54 Å². The molecule has 2 fully saturated rings. The third-order valence-corrected chi connectivity index (χ3v) is 4.47. The van der Waals surface area contributed by atoms with Crippen molar-refractivity contribution in [2.75, 3.05) is 6.54 Å². The van der Waals surface area contributed by atoms with E-state index in [2.05, 4.69) is 0 Å². The number of carbonyl (C=O) groups excluding carboxylic acids is 2. The lowest BCUT2D eigenvalue weighted by Crippen LogP contribution is -2.36. The van der Waals surface area contributed by atoms with Gasteiger partial charge in [0.15, 0.2) is 0 Å². The topological polar surface area (TPSA) is 46.6 Å². The molecule has 3 aliphatic heterocycles. The van der Waals surface area contributed by atoms with E-state index >= 15 is 0 Å². The number of ether oxygens (including phenoxy) is 1. The molecule has 3 aliphatic rings. The van der Waals surface area contributed by atoms with Crippen molar-refractivity contribution >= 4 is 11.8 Å². The van der Waals surface area contributed by atoms with Gasteiger partial charge in [-0.15, -0.1) is 0 Å². The fourth-order valence-electron chi connectivity index (χ4n) is 3.47. The van der Waals surface area contributed by atoms with Gasteiger partial charge in [0.25, 0.3) is 0 Å². The number of hydrogen-bond acceptors (Lipinski definition) is 3. The third-order valence-electron chi connectivity index (χ3n) is 4.47. The van der Waals surface area contributed by atoms with Crippen molar-refractivity contribution in [1.29, 1.82) is 0 Å². The summed E-state index contributed by atoms with van der Waals surface area (Å²) in [4.78, 5) is 26.2. The fourth-order valence-corrected chi connectivity index (χ4v) is 3.47. The molecule has 0 spiro atoms. The number of benzene rings is 1. The monoisotopic (exact) mass is 269 g/mol. The van der Waals surface area contributed by atoms with Crippen molar-refractivity contribution in [3.63, 3.8) is 0 Å². The maximum absolute atomic E-state index is 12.4. The minimum atomic E-state index is -0.284. The van der Waals surface area contributed by atoms with Gasteiger partial charge in [0.05, 0.1) is 24.0 Å². The highest BCUT2D eigenvalue weighted by atomic mass is 16.5. The molecular formula is C16H15NO3. The summed E-state index contributed by atoms with van der Waals surface area (Å²) >= 11 is 0. The number of fused-ring (bicyclic) bond motifs is 5. The Morgan fingerprint density at radius 2 is 1.55 bits per heavy atom. The summed E-state index contributed by atoms with van der Waals surface area (Å²) < 4.78 is 5.61. The predicted molar refractivity (Wildman–Crippen MR) is 71.6 cm³/mol. The van der Waals surface area contributed by atoms with Crippen LogP contribution >= 0.6 is 0 Å². The molecule has 102 valence electrons. The molecule has 0 N–H and O–H groups in total. The summed E-state index contributed by atoms with van der Waals surface area (Å²) in [6.07, 6.45) is 4.16. The van der Waals surface area contributed by atoms with Crippen LogP contribution in [0.3, 0.4) is 0 Å². The number of likely N-dealkylation sites (tertiary alicyclic amines) is 1. The van der Waals surface area contributed by atoms with Gasteiger partial charge in [-0.1, -0.05) is 42.5 Å². The largest absolute Gasteiger partial charge is 0.365 e. The van der Waals surface area contributed by atoms with Crippen molar-refractivity contribution < 1.29 is 14.3 Å². The lowest BCUT2D eigenvalue weighted by molar-refractivity contribution is -0.142. The van der Waals surface area contributed by atoms with E-state index in [9.17, 15) is 9.59 Å². The Labute approximate surface area is 117 Å². The zero-order chi connectivity index (χ0) is 13.7. The highest BCUT2D eigenvalue weighted by molar-refractivity contribution is 6.06. The van der Waals surface area contributed by atoms with Gasteiger partial charge in [-0.2, -0.15) is 0 Å². The molecule has 3 heterocycles. The number of amides is 2. The average molecular weight is 269 g/mol. The van der Waals surface area contributed by atoms with E-state index in [-0.39, 0.29) is 35.9 Å². The Morgan fingerprint density at radius 3 is 2.15 bits per heavy atom. The molecule has 2 bridgehead atoms. The first kappa shape index (κ1) is 11.9. The van der Waals surface area contributed by atoms with Crippen molar-refractivity contribution in [3.8, 4) is 0 Å². The molecule has 4 nitrogen and oxygen atoms in total. The number of imide groups is 1. The first-order chi connectivity index (χ1) is 9.75. The van der Waals surface area contributed by atoms with Crippen molar-refractivity contribution in [2.45, 2.75) is 18.6 Å². The molecule has 0 aromatic heterocycles. The Kier molecular flexibility index (Phi) is 2.54. The van der Waals surface area contributed by atoms with Gasteiger partial charge in [-0.3, -0.25) is 14.5 Å². The molecule has 4 rings (SSSR count). The van der Waals surface area contributed by atoms with E-state index in [1.807, 2.05) is 42.5 Å². The average Bonchev–Trinajstić information content (AvgIpc) is 3.13. The molecule has 0 unspecified atom stereocenters. The Hall–Kier alpha value is -1.94. The molecule has 2 saturated heterocycles. The molecule has 2 amide bonds. The van der Waals surface area contributed by atoms with Crippen LogP contribution < -0.4 is 0 Å². The zero-order valence-electron chi connectivity index (χ0n) is 10.9. The molecule has 20 heavy (non-hydrogen) atoms. The van der Waals surface area contributed by atoms with Crippen LogP contribution in [-0.4, -0.2) is 35.5 Å². The molecule has 0 aliphatic carbocycles. The molecule has 1 aromatic rings. The van der Waals surface area contributed by atoms with E-state index in [0.717, 1.165) is 5.56 Å². The Morgan fingerprint density at radius 1 is 0.950 bits per heavy atom. The van der Waals surface area contributed by atoms with Crippen molar-refractivity contribution in [3.05, 3.63) is 48.0 Å². The summed E-state index contributed by atoms with van der Waals surface area (Å²) in [6, 6.07) is 9.92. The van der Waals surface area contributed by atoms with E-state index < -0.39 is 0 Å². The molecule has 0 saturated carbocycles. The summed E-state index contributed by atoms with van der Waals surface area (Å²) in [5.74, 6) is -0.692. The smallest absolute Gasteiger partial charge is 0.236 e. The number of carbonyl (C=O) groups is 2. The normalized spacial score (nSPS) is 34.1. The number of hydrogen-bond donors (Lipinski definition) is 0. The maximum Gasteiger partial charge on any atom is 0.236 e. The van der Waals surface area contributed by atoms with E-state index in [0.29, 0.717) is 13.0 Å². The lowest BCUT2D eigenvalue weighted by Gasteiger charge is -2.17. The molecule has 4 atom stereocenters. The Balaban J connectivity index is 1.51. The summed E-state index contributed by atoms with van der Waals surface area (Å²) in [5.41, 5.74) is 1.14. The lowest BCUT2D eigenvalue weighted by atomic mass is 9.85. The summed E-state index contributed by atoms with van der Waals surface area (Å²) in [7, 11) is 0. The zero-order valence-corrected chi connectivity index (χ0v) is 10.9. The van der Waals surface area contributed by atoms with Crippen LogP contribution in [0.4, 0.5) is 0 Å². The standard InChI is InChI=1S/C16H15NO3/c18-15-13-11-6-7-12(20-11)14(13)16(19)17(15)9-8-10-4-2-1-3-5-10/h1-7,11-14H,8-9H2/t11-,12+,13-,14+. The van der Waals surface area contributed by atoms with Crippen LogP contribution in [0.15, 0.2) is 42.5 Å². The van der Waals surface area contributed by atoms with E-state index in [4.69, 9.17) is 4.74 Å². The first-order valence-electron chi connectivity index (χ1n) is 6.98. The van der Waals surface area contributed by atoms with Crippen LogP contribution in [0.2, 0.25) is 0 Å². The van der Waals surface area contributed by atoms with Gasteiger partial charge < -0.3 is 4.74 Å². The van der Waals surface area contributed by atoms with Gasteiger partial charge in [0.1, 0.15) is 0 Å². The minimum Gasteiger partial charge on any atom is -0.365 e.